The van der Waals surface area contributed by atoms with Gasteiger partial charge in [0.15, 0.2) is 5.16 Å². The molecule has 31 heavy (non-hydrogen) atoms. The maximum atomic E-state index is 12.3. The van der Waals surface area contributed by atoms with Crippen molar-refractivity contribution in [2.24, 2.45) is 7.05 Å². The highest BCUT2D eigenvalue weighted by Gasteiger charge is 2.15. The summed E-state index contributed by atoms with van der Waals surface area (Å²) < 4.78 is 1.66. The number of hydrogen-bond acceptors (Lipinski definition) is 5. The van der Waals surface area contributed by atoms with Crippen molar-refractivity contribution in [3.8, 4) is 0 Å². The highest BCUT2D eigenvalue weighted by atomic mass is 35.5. The minimum atomic E-state index is -0.289. The largest absolute Gasteiger partial charge is 0.326 e. The van der Waals surface area contributed by atoms with E-state index in [2.05, 4.69) is 20.8 Å². The second-order valence-electron chi connectivity index (χ2n) is 6.28. The summed E-state index contributed by atoms with van der Waals surface area (Å²) >= 11 is 24.8. The molecule has 3 rings (SSSR count). The molecule has 162 valence electrons. The monoisotopic (exact) mass is 517 g/mol. The van der Waals surface area contributed by atoms with Gasteiger partial charge >= 0.3 is 0 Å². The molecule has 0 unspecified atom stereocenters. The lowest BCUT2D eigenvalue weighted by molar-refractivity contribution is -0.116. The molecule has 2 N–H and O–H groups in total. The number of carbonyl (C=O) groups excluding carboxylic acids is 2. The molecule has 0 bridgehead atoms. The van der Waals surface area contributed by atoms with Crippen LogP contribution in [0.4, 0.5) is 11.4 Å². The van der Waals surface area contributed by atoms with Crippen LogP contribution in [0.25, 0.3) is 0 Å². The maximum Gasteiger partial charge on any atom is 0.234 e. The van der Waals surface area contributed by atoms with Crippen molar-refractivity contribution < 1.29 is 9.59 Å². The average Bonchev–Trinajstić information content (AvgIpc) is 3.05. The van der Waals surface area contributed by atoms with E-state index >= 15 is 0 Å². The summed E-state index contributed by atoms with van der Waals surface area (Å²) in [6.07, 6.45) is -0.000223. The van der Waals surface area contributed by atoms with Crippen LogP contribution in [0.15, 0.2) is 41.6 Å². The van der Waals surface area contributed by atoms with Crippen LogP contribution >= 0.6 is 58.2 Å². The lowest BCUT2D eigenvalue weighted by Gasteiger charge is -2.07. The smallest absolute Gasteiger partial charge is 0.234 e. The number of anilines is 2. The Morgan fingerprint density at radius 2 is 1.42 bits per heavy atom. The summed E-state index contributed by atoms with van der Waals surface area (Å²) in [6.45, 7) is 0. The quantitative estimate of drug-likeness (QED) is 0.412. The van der Waals surface area contributed by atoms with Gasteiger partial charge in [-0.2, -0.15) is 0 Å². The zero-order valence-corrected chi connectivity index (χ0v) is 19.8. The van der Waals surface area contributed by atoms with Crippen molar-refractivity contribution in [1.29, 1.82) is 0 Å². The Bertz CT molecular complexity index is 1140. The first-order valence-electron chi connectivity index (χ1n) is 8.74. The third-order valence-corrected chi connectivity index (χ3v) is 6.48. The molecular formula is C19H15Cl4N5O2S. The van der Waals surface area contributed by atoms with E-state index in [9.17, 15) is 9.59 Å². The van der Waals surface area contributed by atoms with Gasteiger partial charge in [0.05, 0.1) is 32.3 Å². The van der Waals surface area contributed by atoms with Crippen LogP contribution in [0.2, 0.25) is 20.1 Å². The number of thioether (sulfide) groups is 1. The molecule has 2 amide bonds. The summed E-state index contributed by atoms with van der Waals surface area (Å²) in [5.74, 6) is 0.0138. The normalized spacial score (nSPS) is 10.7. The van der Waals surface area contributed by atoms with E-state index in [1.165, 1.54) is 11.8 Å². The molecule has 0 aliphatic heterocycles. The number of aromatic nitrogens is 3. The van der Waals surface area contributed by atoms with E-state index in [1.807, 2.05) is 0 Å². The van der Waals surface area contributed by atoms with Gasteiger partial charge in [-0.05, 0) is 36.4 Å². The van der Waals surface area contributed by atoms with Gasteiger partial charge in [-0.1, -0.05) is 58.2 Å². The van der Waals surface area contributed by atoms with Crippen LogP contribution in [0.1, 0.15) is 5.82 Å². The zero-order valence-electron chi connectivity index (χ0n) is 16.0. The third-order valence-electron chi connectivity index (χ3n) is 3.98. The molecule has 7 nitrogen and oxygen atoms in total. The molecule has 0 atom stereocenters. The Morgan fingerprint density at radius 3 is 1.97 bits per heavy atom. The van der Waals surface area contributed by atoms with Crippen LogP contribution in [-0.2, 0) is 23.1 Å². The number of amides is 2. The molecule has 12 heteroatoms. The van der Waals surface area contributed by atoms with E-state index < -0.39 is 0 Å². The van der Waals surface area contributed by atoms with E-state index in [0.29, 0.717) is 42.4 Å². The number of halogens is 4. The average molecular weight is 519 g/mol. The Morgan fingerprint density at radius 1 is 0.871 bits per heavy atom. The molecule has 1 heterocycles. The van der Waals surface area contributed by atoms with Crippen molar-refractivity contribution in [3.63, 3.8) is 0 Å². The molecule has 0 aliphatic carbocycles. The van der Waals surface area contributed by atoms with E-state index in [0.717, 1.165) is 0 Å². The van der Waals surface area contributed by atoms with Crippen molar-refractivity contribution in [2.45, 2.75) is 11.6 Å². The van der Waals surface area contributed by atoms with Crippen LogP contribution < -0.4 is 10.6 Å². The summed E-state index contributed by atoms with van der Waals surface area (Å²) in [4.78, 5) is 24.5. The van der Waals surface area contributed by atoms with Crippen molar-refractivity contribution in [3.05, 3.63) is 62.3 Å². The second-order valence-corrected chi connectivity index (χ2v) is 8.85. The van der Waals surface area contributed by atoms with Gasteiger partial charge in [0.1, 0.15) is 5.82 Å². The molecule has 2 aromatic carbocycles. The molecule has 0 saturated heterocycles. The minimum absolute atomic E-state index is 0.000223. The fourth-order valence-corrected chi connectivity index (χ4v) is 3.77. The molecule has 3 aromatic rings. The highest BCUT2D eigenvalue weighted by Crippen LogP contribution is 2.26. The number of rotatable bonds is 7. The van der Waals surface area contributed by atoms with Crippen molar-refractivity contribution in [2.75, 3.05) is 16.4 Å². The first-order valence-corrected chi connectivity index (χ1v) is 11.2. The second kappa shape index (κ2) is 10.6. The van der Waals surface area contributed by atoms with Gasteiger partial charge in [0.2, 0.25) is 11.8 Å². The lowest BCUT2D eigenvalue weighted by Crippen LogP contribution is -2.17. The van der Waals surface area contributed by atoms with Crippen LogP contribution in [0, 0.1) is 0 Å². The van der Waals surface area contributed by atoms with Crippen LogP contribution in [-0.4, -0.2) is 32.3 Å². The molecule has 0 aliphatic rings. The molecule has 1 aromatic heterocycles. The SMILES string of the molecule is Cn1c(CC(=O)Nc2ccc(Cl)c(Cl)c2)nnc1SCC(=O)Nc1ccc(Cl)c(Cl)c1. The van der Waals surface area contributed by atoms with Crippen molar-refractivity contribution in [1.82, 2.24) is 14.8 Å². The Labute approximate surface area is 202 Å². The number of benzene rings is 2. The number of hydrogen-bond donors (Lipinski definition) is 2. The predicted octanol–water partition coefficient (Wildman–Crippen LogP) is 5.34. The first kappa shape index (κ1) is 23.7. The van der Waals surface area contributed by atoms with Gasteiger partial charge < -0.3 is 15.2 Å². The summed E-state index contributed by atoms with van der Waals surface area (Å²) in [7, 11) is 1.72. The van der Waals surface area contributed by atoms with Crippen molar-refractivity contribution >= 4 is 81.4 Å². The number of carbonyl (C=O) groups is 2. The molecule has 0 fully saturated rings. The Hall–Kier alpha value is -1.97. The highest BCUT2D eigenvalue weighted by molar-refractivity contribution is 7.99. The van der Waals surface area contributed by atoms with Crippen LogP contribution in [0.5, 0.6) is 0 Å². The summed E-state index contributed by atoms with van der Waals surface area (Å²) in [5.41, 5.74) is 1.06. The third kappa shape index (κ3) is 6.51. The van der Waals surface area contributed by atoms with E-state index in [4.69, 9.17) is 46.4 Å². The predicted molar refractivity (Wildman–Crippen MR) is 126 cm³/mol. The van der Waals surface area contributed by atoms with Gasteiger partial charge in [0, 0.05) is 18.4 Å². The first-order chi connectivity index (χ1) is 14.7. The Kier molecular flexibility index (Phi) is 8.07. The number of nitrogens with zero attached hydrogens (tertiary/aromatic N) is 3. The topological polar surface area (TPSA) is 88.9 Å². The fraction of sp³-hybridized carbons (Fsp3) is 0.158. The zero-order chi connectivity index (χ0) is 22.5. The summed E-state index contributed by atoms with van der Waals surface area (Å²) in [6, 6.07) is 9.63. The minimum Gasteiger partial charge on any atom is -0.326 e. The van der Waals surface area contributed by atoms with E-state index in [-0.39, 0.29) is 24.0 Å². The molecular weight excluding hydrogens is 504 g/mol. The molecule has 0 radical (unpaired) electrons. The van der Waals surface area contributed by atoms with Gasteiger partial charge in [-0.15, -0.1) is 10.2 Å². The Balaban J connectivity index is 1.54. The fourth-order valence-electron chi connectivity index (χ4n) is 2.45. The summed E-state index contributed by atoms with van der Waals surface area (Å²) in [5, 5.41) is 15.5. The standard InChI is InChI=1S/C19H15Cl4N5O2S/c1-28-16(8-17(29)24-10-2-4-12(20)14(22)6-10)26-27-19(28)31-9-18(30)25-11-3-5-13(21)15(23)7-11/h2-7H,8-9H2,1H3,(H,24,29)(H,25,30). The van der Waals surface area contributed by atoms with Crippen LogP contribution in [0.3, 0.4) is 0 Å². The lowest BCUT2D eigenvalue weighted by atomic mass is 10.3. The number of nitrogens with one attached hydrogen (secondary N) is 2. The van der Waals surface area contributed by atoms with Gasteiger partial charge in [-0.3, -0.25) is 9.59 Å². The maximum absolute atomic E-state index is 12.3. The molecule has 0 spiro atoms. The van der Waals surface area contributed by atoms with Gasteiger partial charge in [0.25, 0.3) is 0 Å². The van der Waals surface area contributed by atoms with Gasteiger partial charge in [-0.25, -0.2) is 0 Å². The molecule has 0 saturated carbocycles. The van der Waals surface area contributed by atoms with E-state index in [1.54, 1.807) is 48.0 Å².